The molecule has 0 bridgehead atoms. The van der Waals surface area contributed by atoms with Gasteiger partial charge in [0.2, 0.25) is 5.91 Å². The number of likely N-dealkylation sites (N-methyl/N-ethyl adjacent to an activating group) is 1. The van der Waals surface area contributed by atoms with Crippen molar-refractivity contribution in [1.29, 1.82) is 0 Å². The molecule has 6 heteroatoms. The van der Waals surface area contributed by atoms with E-state index in [2.05, 4.69) is 21.9 Å². The van der Waals surface area contributed by atoms with Gasteiger partial charge >= 0.3 is 0 Å². The molecule has 6 nitrogen and oxygen atoms in total. The van der Waals surface area contributed by atoms with Gasteiger partial charge in [0.1, 0.15) is 5.82 Å². The third kappa shape index (κ3) is 3.62. The first kappa shape index (κ1) is 15.4. The fourth-order valence-electron chi connectivity index (χ4n) is 3.26. The fraction of sp³-hybridized carbons (Fsp3) is 0.688. The first-order chi connectivity index (χ1) is 10.7. The Hall–Kier alpha value is -1.53. The summed E-state index contributed by atoms with van der Waals surface area (Å²) in [5.74, 6) is 1.16. The Kier molecular flexibility index (Phi) is 5.00. The number of ether oxygens (including phenoxy) is 1. The van der Waals surface area contributed by atoms with Crippen molar-refractivity contribution < 1.29 is 9.53 Å². The summed E-state index contributed by atoms with van der Waals surface area (Å²) in [4.78, 5) is 25.3. The molecule has 2 saturated heterocycles. The summed E-state index contributed by atoms with van der Waals surface area (Å²) in [6.45, 7) is 3.76. The molecule has 2 atom stereocenters. The maximum atomic E-state index is 12.5. The molecule has 1 aromatic heterocycles. The second-order valence-electron chi connectivity index (χ2n) is 6.22. The molecule has 2 fully saturated rings. The van der Waals surface area contributed by atoms with Crippen LogP contribution in [0.15, 0.2) is 18.5 Å². The highest BCUT2D eigenvalue weighted by molar-refractivity contribution is 5.79. The van der Waals surface area contributed by atoms with Crippen LogP contribution in [0.25, 0.3) is 0 Å². The van der Waals surface area contributed by atoms with Gasteiger partial charge in [-0.1, -0.05) is 0 Å². The topological polar surface area (TPSA) is 58.6 Å². The van der Waals surface area contributed by atoms with E-state index in [9.17, 15) is 4.79 Å². The van der Waals surface area contributed by atoms with Gasteiger partial charge < -0.3 is 9.64 Å². The Bertz CT molecular complexity index is 490. The highest BCUT2D eigenvalue weighted by Gasteiger charge is 2.33. The van der Waals surface area contributed by atoms with Crippen LogP contribution in [0.4, 0.5) is 0 Å². The van der Waals surface area contributed by atoms with E-state index in [0.29, 0.717) is 12.6 Å². The Morgan fingerprint density at radius 2 is 2.23 bits per heavy atom. The molecule has 1 aromatic rings. The van der Waals surface area contributed by atoms with Gasteiger partial charge in [0.05, 0.1) is 19.1 Å². The van der Waals surface area contributed by atoms with Crippen LogP contribution in [-0.2, 0) is 16.1 Å². The number of likely N-dealkylation sites (tertiary alicyclic amines) is 1. The number of hydrogen-bond acceptors (Lipinski definition) is 5. The van der Waals surface area contributed by atoms with Gasteiger partial charge in [-0.15, -0.1) is 0 Å². The molecule has 3 heterocycles. The first-order valence-corrected chi connectivity index (χ1v) is 8.06. The van der Waals surface area contributed by atoms with E-state index >= 15 is 0 Å². The maximum absolute atomic E-state index is 12.5. The monoisotopic (exact) mass is 304 g/mol. The summed E-state index contributed by atoms with van der Waals surface area (Å²) in [6, 6.07) is 2.21. The molecule has 0 radical (unpaired) electrons. The van der Waals surface area contributed by atoms with Crippen LogP contribution in [0.2, 0.25) is 0 Å². The third-order valence-corrected chi connectivity index (χ3v) is 4.62. The molecular formula is C16H24N4O2. The summed E-state index contributed by atoms with van der Waals surface area (Å²) in [5, 5.41) is 0. The molecule has 22 heavy (non-hydrogen) atoms. The van der Waals surface area contributed by atoms with Crippen molar-refractivity contribution in [3.05, 3.63) is 24.3 Å². The van der Waals surface area contributed by atoms with Crippen molar-refractivity contribution in [2.75, 3.05) is 33.4 Å². The zero-order valence-corrected chi connectivity index (χ0v) is 13.1. The van der Waals surface area contributed by atoms with Crippen LogP contribution in [0.1, 0.15) is 25.1 Å². The molecule has 120 valence electrons. The van der Waals surface area contributed by atoms with Crippen molar-refractivity contribution >= 4 is 5.91 Å². The Balaban J connectivity index is 1.52. The molecule has 0 unspecified atom stereocenters. The second kappa shape index (κ2) is 7.15. The third-order valence-electron chi connectivity index (χ3n) is 4.62. The summed E-state index contributed by atoms with van der Waals surface area (Å²) in [7, 11) is 2.08. The largest absolute Gasteiger partial charge is 0.381 e. The van der Waals surface area contributed by atoms with Gasteiger partial charge in [-0.05, 0) is 32.4 Å². The van der Waals surface area contributed by atoms with Gasteiger partial charge in [0, 0.05) is 38.1 Å². The number of nitrogens with zero attached hydrogens (tertiary/aromatic N) is 4. The quantitative estimate of drug-likeness (QED) is 0.828. The van der Waals surface area contributed by atoms with Crippen LogP contribution in [0.5, 0.6) is 0 Å². The van der Waals surface area contributed by atoms with Gasteiger partial charge in [-0.2, -0.15) is 0 Å². The molecule has 0 aromatic carbocycles. The lowest BCUT2D eigenvalue weighted by Crippen LogP contribution is -2.40. The SMILES string of the molecule is CN(Cc1ncccn1)[C@@H]1CCN(C(=O)[C@@H]2CCCOC2)C1. The smallest absolute Gasteiger partial charge is 0.228 e. The maximum Gasteiger partial charge on any atom is 0.228 e. The highest BCUT2D eigenvalue weighted by atomic mass is 16.5. The minimum Gasteiger partial charge on any atom is -0.381 e. The lowest BCUT2D eigenvalue weighted by Gasteiger charge is -2.27. The van der Waals surface area contributed by atoms with Crippen molar-refractivity contribution in [2.24, 2.45) is 5.92 Å². The average molecular weight is 304 g/mol. The number of aromatic nitrogens is 2. The predicted octanol–water partition coefficient (Wildman–Crippen LogP) is 0.936. The number of amides is 1. The molecule has 1 amide bonds. The number of hydrogen-bond donors (Lipinski definition) is 0. The van der Waals surface area contributed by atoms with E-state index in [0.717, 1.165) is 51.3 Å². The summed E-state index contributed by atoms with van der Waals surface area (Å²) in [5.41, 5.74) is 0. The van der Waals surface area contributed by atoms with E-state index < -0.39 is 0 Å². The van der Waals surface area contributed by atoms with Crippen molar-refractivity contribution in [2.45, 2.75) is 31.8 Å². The van der Waals surface area contributed by atoms with Gasteiger partial charge in [-0.3, -0.25) is 9.69 Å². The lowest BCUT2D eigenvalue weighted by molar-refractivity contribution is -0.138. The summed E-state index contributed by atoms with van der Waals surface area (Å²) >= 11 is 0. The van der Waals surface area contributed by atoms with E-state index in [4.69, 9.17) is 4.74 Å². The first-order valence-electron chi connectivity index (χ1n) is 8.06. The van der Waals surface area contributed by atoms with Crippen LogP contribution >= 0.6 is 0 Å². The second-order valence-corrected chi connectivity index (χ2v) is 6.22. The predicted molar refractivity (Wildman–Crippen MR) is 82.0 cm³/mol. The molecule has 0 spiro atoms. The van der Waals surface area contributed by atoms with Crippen LogP contribution in [-0.4, -0.2) is 65.1 Å². The normalized spacial score (nSPS) is 25.6. The van der Waals surface area contributed by atoms with Crippen LogP contribution in [0, 0.1) is 5.92 Å². The minimum absolute atomic E-state index is 0.0651. The van der Waals surface area contributed by atoms with Crippen LogP contribution < -0.4 is 0 Å². The molecule has 0 saturated carbocycles. The summed E-state index contributed by atoms with van der Waals surface area (Å²) < 4.78 is 5.44. The Morgan fingerprint density at radius 1 is 1.41 bits per heavy atom. The van der Waals surface area contributed by atoms with E-state index in [1.54, 1.807) is 12.4 Å². The van der Waals surface area contributed by atoms with E-state index in [1.165, 1.54) is 0 Å². The van der Waals surface area contributed by atoms with Gasteiger partial charge in [-0.25, -0.2) is 9.97 Å². The molecule has 2 aliphatic heterocycles. The molecule has 2 aliphatic rings. The Labute approximate surface area is 131 Å². The zero-order valence-electron chi connectivity index (χ0n) is 13.1. The van der Waals surface area contributed by atoms with Crippen LogP contribution in [0.3, 0.4) is 0 Å². The van der Waals surface area contributed by atoms with Crippen molar-refractivity contribution in [1.82, 2.24) is 19.8 Å². The standard InChI is InChI=1S/C16H24N4O2/c1-19(11-15-17-6-3-7-18-15)14-5-8-20(10-14)16(21)13-4-2-9-22-12-13/h3,6-7,13-14H,2,4-5,8-12H2,1H3/t13-,14-/m1/s1. The molecule has 0 aliphatic carbocycles. The number of carbonyl (C=O) groups excluding carboxylic acids is 1. The zero-order chi connectivity index (χ0) is 15.4. The molecular weight excluding hydrogens is 280 g/mol. The highest BCUT2D eigenvalue weighted by Crippen LogP contribution is 2.22. The lowest BCUT2D eigenvalue weighted by atomic mass is 10.0. The number of rotatable bonds is 4. The minimum atomic E-state index is 0.0651. The average Bonchev–Trinajstić information content (AvgIpc) is 3.06. The van der Waals surface area contributed by atoms with E-state index in [1.807, 2.05) is 11.0 Å². The van der Waals surface area contributed by atoms with Gasteiger partial charge in [0.25, 0.3) is 0 Å². The van der Waals surface area contributed by atoms with Crippen molar-refractivity contribution in [3.8, 4) is 0 Å². The Morgan fingerprint density at radius 3 is 2.95 bits per heavy atom. The van der Waals surface area contributed by atoms with Crippen molar-refractivity contribution in [3.63, 3.8) is 0 Å². The van der Waals surface area contributed by atoms with Gasteiger partial charge in [0.15, 0.2) is 0 Å². The van der Waals surface area contributed by atoms with E-state index in [-0.39, 0.29) is 11.8 Å². The molecule has 0 N–H and O–H groups in total. The molecule has 3 rings (SSSR count). The number of carbonyl (C=O) groups is 1. The summed E-state index contributed by atoms with van der Waals surface area (Å²) in [6.07, 6.45) is 6.52. The fourth-order valence-corrected chi connectivity index (χ4v) is 3.26.